The van der Waals surface area contributed by atoms with Crippen LogP contribution >= 0.6 is 11.6 Å². The smallest absolute Gasteiger partial charge is 0.173 e. The molecule has 0 atom stereocenters. The molecular weight excluding hydrogens is 254 g/mol. The van der Waals surface area contributed by atoms with Crippen LogP contribution in [-0.4, -0.2) is 35.3 Å². The fraction of sp³-hybridized carbons (Fsp3) is 0.417. The minimum Gasteiger partial charge on any atom is -0.409 e. The molecule has 18 heavy (non-hydrogen) atoms. The Balaban J connectivity index is 3.20. The number of anilines is 1. The first kappa shape index (κ1) is 14.6. The van der Waals surface area contributed by atoms with E-state index in [2.05, 4.69) is 5.16 Å². The molecule has 0 bridgehead atoms. The Hall–Kier alpha value is -1.46. The van der Waals surface area contributed by atoms with Crippen LogP contribution in [0.25, 0.3) is 0 Å². The van der Waals surface area contributed by atoms with Crippen LogP contribution in [0.4, 0.5) is 5.69 Å². The minimum atomic E-state index is -0.862. The molecule has 0 unspecified atom stereocenters. The monoisotopic (exact) mass is 271 g/mol. The van der Waals surface area contributed by atoms with Gasteiger partial charge in [0.2, 0.25) is 0 Å². The molecule has 1 aromatic carbocycles. The number of aliphatic hydroxyl groups is 1. The van der Waals surface area contributed by atoms with Crippen LogP contribution < -0.4 is 10.6 Å². The molecule has 0 aliphatic heterocycles. The first-order chi connectivity index (χ1) is 8.26. The highest BCUT2D eigenvalue weighted by molar-refractivity contribution is 6.34. The number of nitrogens with zero attached hydrogens (tertiary/aromatic N) is 2. The normalized spacial score (nSPS) is 12.6. The molecule has 4 N–H and O–H groups in total. The lowest BCUT2D eigenvalue weighted by atomic mass is 10.1. The SMILES string of the molecule is CN(CC(C)(C)O)c1cccc(Cl)c1C(N)=NO. The highest BCUT2D eigenvalue weighted by Gasteiger charge is 2.20. The maximum absolute atomic E-state index is 9.82. The zero-order valence-electron chi connectivity index (χ0n) is 10.7. The summed E-state index contributed by atoms with van der Waals surface area (Å²) >= 11 is 6.06. The second-order valence-corrected chi connectivity index (χ2v) is 5.19. The number of rotatable bonds is 4. The van der Waals surface area contributed by atoms with Crippen molar-refractivity contribution in [3.63, 3.8) is 0 Å². The zero-order valence-corrected chi connectivity index (χ0v) is 11.4. The first-order valence-corrected chi connectivity index (χ1v) is 5.84. The lowest BCUT2D eigenvalue weighted by molar-refractivity contribution is 0.0886. The van der Waals surface area contributed by atoms with Crippen molar-refractivity contribution in [2.75, 3.05) is 18.5 Å². The van der Waals surface area contributed by atoms with E-state index in [4.69, 9.17) is 22.5 Å². The molecule has 0 amide bonds. The van der Waals surface area contributed by atoms with Crippen molar-refractivity contribution in [3.05, 3.63) is 28.8 Å². The summed E-state index contributed by atoms with van der Waals surface area (Å²) in [6.07, 6.45) is 0. The molecule has 0 spiro atoms. The van der Waals surface area contributed by atoms with Crippen LogP contribution in [-0.2, 0) is 0 Å². The van der Waals surface area contributed by atoms with E-state index >= 15 is 0 Å². The third kappa shape index (κ3) is 3.51. The summed E-state index contributed by atoms with van der Waals surface area (Å²) in [5.41, 5.74) is 5.91. The van der Waals surface area contributed by atoms with Crippen molar-refractivity contribution in [2.24, 2.45) is 10.9 Å². The van der Waals surface area contributed by atoms with E-state index in [9.17, 15) is 5.11 Å². The molecule has 0 aliphatic carbocycles. The topological polar surface area (TPSA) is 82.1 Å². The van der Waals surface area contributed by atoms with Crippen LogP contribution in [0.3, 0.4) is 0 Å². The standard InChI is InChI=1S/C12H18ClN3O2/c1-12(2,17)7-16(3)9-6-4-5-8(13)10(9)11(14)15-18/h4-6,17-18H,7H2,1-3H3,(H2,14,15). The Morgan fingerprint density at radius 2 is 2.11 bits per heavy atom. The van der Waals surface area contributed by atoms with Crippen molar-refractivity contribution in [3.8, 4) is 0 Å². The zero-order chi connectivity index (χ0) is 13.9. The lowest BCUT2D eigenvalue weighted by Gasteiger charge is -2.29. The number of amidine groups is 1. The molecule has 6 heteroatoms. The Kier molecular flexibility index (Phi) is 4.43. The number of halogens is 1. The summed E-state index contributed by atoms with van der Waals surface area (Å²) in [5.74, 6) is -0.0572. The van der Waals surface area contributed by atoms with Crippen LogP contribution in [0.15, 0.2) is 23.4 Å². The number of hydrogen-bond donors (Lipinski definition) is 3. The summed E-state index contributed by atoms with van der Waals surface area (Å²) in [6.45, 7) is 3.80. The van der Waals surface area contributed by atoms with Gasteiger partial charge < -0.3 is 20.9 Å². The molecular formula is C12H18ClN3O2. The molecule has 0 aliphatic rings. The number of oxime groups is 1. The molecule has 0 heterocycles. The lowest BCUT2D eigenvalue weighted by Crippen LogP contribution is -2.37. The van der Waals surface area contributed by atoms with Gasteiger partial charge in [0, 0.05) is 19.3 Å². The van der Waals surface area contributed by atoms with Gasteiger partial charge in [0.25, 0.3) is 0 Å². The van der Waals surface area contributed by atoms with Crippen molar-refractivity contribution in [2.45, 2.75) is 19.4 Å². The Labute approximate surface area is 111 Å². The fourth-order valence-electron chi connectivity index (χ4n) is 1.80. The van der Waals surface area contributed by atoms with Gasteiger partial charge in [-0.3, -0.25) is 0 Å². The van der Waals surface area contributed by atoms with E-state index in [1.807, 2.05) is 0 Å². The van der Waals surface area contributed by atoms with Crippen molar-refractivity contribution in [1.82, 2.24) is 0 Å². The maximum atomic E-state index is 9.82. The third-order valence-electron chi connectivity index (χ3n) is 2.39. The molecule has 0 fully saturated rings. The Bertz CT molecular complexity index is 455. The van der Waals surface area contributed by atoms with E-state index in [0.717, 1.165) is 0 Å². The average molecular weight is 272 g/mol. The summed E-state index contributed by atoms with van der Waals surface area (Å²) in [6, 6.07) is 5.23. The quantitative estimate of drug-likeness (QED) is 0.337. The molecule has 0 aromatic heterocycles. The van der Waals surface area contributed by atoms with Gasteiger partial charge in [-0.05, 0) is 26.0 Å². The van der Waals surface area contributed by atoms with E-state index in [1.54, 1.807) is 44.0 Å². The predicted molar refractivity (Wildman–Crippen MR) is 73.5 cm³/mol. The van der Waals surface area contributed by atoms with E-state index in [1.165, 1.54) is 0 Å². The second kappa shape index (κ2) is 5.46. The van der Waals surface area contributed by atoms with Crippen molar-refractivity contribution >= 4 is 23.1 Å². The van der Waals surface area contributed by atoms with Gasteiger partial charge in [-0.15, -0.1) is 0 Å². The highest BCUT2D eigenvalue weighted by atomic mass is 35.5. The summed E-state index contributed by atoms with van der Waals surface area (Å²) < 4.78 is 0. The number of likely N-dealkylation sites (N-methyl/N-ethyl adjacent to an activating group) is 1. The van der Waals surface area contributed by atoms with Gasteiger partial charge in [0.05, 0.1) is 16.2 Å². The average Bonchev–Trinajstić information content (AvgIpc) is 2.25. The number of hydrogen-bond acceptors (Lipinski definition) is 4. The van der Waals surface area contributed by atoms with Crippen LogP contribution in [0.5, 0.6) is 0 Å². The third-order valence-corrected chi connectivity index (χ3v) is 2.71. The molecule has 100 valence electrons. The highest BCUT2D eigenvalue weighted by Crippen LogP contribution is 2.27. The molecule has 0 saturated carbocycles. The van der Waals surface area contributed by atoms with Gasteiger partial charge in [0.1, 0.15) is 0 Å². The predicted octanol–water partition coefficient (Wildman–Crippen LogP) is 1.64. The van der Waals surface area contributed by atoms with Crippen molar-refractivity contribution in [1.29, 1.82) is 0 Å². The van der Waals surface area contributed by atoms with Gasteiger partial charge in [-0.25, -0.2) is 0 Å². The largest absolute Gasteiger partial charge is 0.409 e. The van der Waals surface area contributed by atoms with E-state index in [0.29, 0.717) is 22.8 Å². The number of benzene rings is 1. The fourth-order valence-corrected chi connectivity index (χ4v) is 2.07. The molecule has 0 radical (unpaired) electrons. The Morgan fingerprint density at radius 3 is 2.61 bits per heavy atom. The van der Waals surface area contributed by atoms with Gasteiger partial charge in [-0.2, -0.15) is 0 Å². The molecule has 1 aromatic rings. The maximum Gasteiger partial charge on any atom is 0.173 e. The van der Waals surface area contributed by atoms with Crippen LogP contribution in [0.2, 0.25) is 5.02 Å². The van der Waals surface area contributed by atoms with Gasteiger partial charge in [-0.1, -0.05) is 22.8 Å². The van der Waals surface area contributed by atoms with Crippen LogP contribution in [0.1, 0.15) is 19.4 Å². The Morgan fingerprint density at radius 1 is 1.50 bits per heavy atom. The molecule has 5 nitrogen and oxygen atoms in total. The molecule has 0 saturated heterocycles. The van der Waals surface area contributed by atoms with E-state index < -0.39 is 5.60 Å². The molecule has 1 rings (SSSR count). The first-order valence-electron chi connectivity index (χ1n) is 5.46. The summed E-state index contributed by atoms with van der Waals surface area (Å²) in [5, 5.41) is 22.0. The number of nitrogens with two attached hydrogens (primary N) is 1. The van der Waals surface area contributed by atoms with E-state index in [-0.39, 0.29) is 5.84 Å². The van der Waals surface area contributed by atoms with Crippen LogP contribution in [0, 0.1) is 0 Å². The summed E-state index contributed by atoms with van der Waals surface area (Å²) in [7, 11) is 1.80. The van der Waals surface area contributed by atoms with Gasteiger partial charge in [0.15, 0.2) is 5.84 Å². The van der Waals surface area contributed by atoms with Crippen molar-refractivity contribution < 1.29 is 10.3 Å². The summed E-state index contributed by atoms with van der Waals surface area (Å²) in [4.78, 5) is 1.80. The second-order valence-electron chi connectivity index (χ2n) is 4.79. The minimum absolute atomic E-state index is 0.0572. The van der Waals surface area contributed by atoms with Gasteiger partial charge >= 0.3 is 0 Å².